The van der Waals surface area contributed by atoms with E-state index in [2.05, 4.69) is 36.7 Å². The minimum absolute atomic E-state index is 0.0199. The van der Waals surface area contributed by atoms with Crippen molar-refractivity contribution in [1.82, 2.24) is 5.32 Å². The summed E-state index contributed by atoms with van der Waals surface area (Å²) in [5, 5.41) is 11.0. The topological polar surface area (TPSA) is 62.1 Å². The molecule has 0 spiro atoms. The lowest BCUT2D eigenvalue weighted by molar-refractivity contribution is 0.469. The molecule has 1 aliphatic heterocycles. The Hall–Kier alpha value is -1.17. The predicted octanol–water partition coefficient (Wildman–Crippen LogP) is 5.33. The van der Waals surface area contributed by atoms with Crippen LogP contribution in [0, 0.1) is 17.2 Å². The van der Waals surface area contributed by atoms with Gasteiger partial charge in [-0.3, -0.25) is 0 Å². The summed E-state index contributed by atoms with van der Waals surface area (Å²) in [5.41, 5.74) is 8.50. The van der Waals surface area contributed by atoms with Crippen molar-refractivity contribution in [2.75, 3.05) is 23.7 Å². The second kappa shape index (κ2) is 8.06. The Morgan fingerprint density at radius 2 is 2.07 bits per heavy atom. The highest BCUT2D eigenvalue weighted by Crippen LogP contribution is 2.58. The van der Waals surface area contributed by atoms with Crippen molar-refractivity contribution >= 4 is 40.1 Å². The average Bonchev–Trinajstić information content (AvgIpc) is 3.04. The number of hydrogen-bond donors (Lipinski definition) is 4. The molecule has 150 valence electrons. The Morgan fingerprint density at radius 3 is 2.67 bits per heavy atom. The summed E-state index contributed by atoms with van der Waals surface area (Å²) in [7, 11) is 0. The lowest BCUT2D eigenvalue weighted by Gasteiger charge is -2.21. The predicted molar refractivity (Wildman–Crippen MR) is 114 cm³/mol. The van der Waals surface area contributed by atoms with E-state index in [0.29, 0.717) is 45.9 Å². The smallest absolute Gasteiger partial charge is 0.134 e. The quantitative estimate of drug-likeness (QED) is 0.342. The number of nitrogens with one attached hydrogen (secondary N) is 3. The van der Waals surface area contributed by atoms with E-state index in [4.69, 9.17) is 28.9 Å². The fraction of sp³-hybridized carbons (Fsp3) is 0.600. The van der Waals surface area contributed by atoms with Crippen LogP contribution in [0.15, 0.2) is 11.2 Å². The molecule has 1 fully saturated rings. The highest BCUT2D eigenvalue weighted by molar-refractivity contribution is 6.35. The third kappa shape index (κ3) is 3.87. The van der Waals surface area contributed by atoms with Gasteiger partial charge in [-0.1, -0.05) is 50.4 Å². The van der Waals surface area contributed by atoms with Crippen LogP contribution in [0.4, 0.5) is 15.8 Å². The number of rotatable bonds is 8. The summed E-state index contributed by atoms with van der Waals surface area (Å²) < 4.78 is 15.0. The molecule has 4 nitrogen and oxygen atoms in total. The number of unbranched alkanes of at least 4 members (excludes halogenated alkanes) is 1. The summed E-state index contributed by atoms with van der Waals surface area (Å²) in [5.74, 6) is 0.212. The molecule has 0 saturated heterocycles. The number of nitrogens with two attached hydrogens (primary N) is 1. The molecule has 1 aliphatic carbocycles. The van der Waals surface area contributed by atoms with Crippen molar-refractivity contribution in [3.63, 3.8) is 0 Å². The zero-order valence-electron chi connectivity index (χ0n) is 16.2. The molecule has 1 heterocycles. The van der Waals surface area contributed by atoms with Gasteiger partial charge >= 0.3 is 0 Å². The summed E-state index contributed by atoms with van der Waals surface area (Å²) in [4.78, 5) is 0. The van der Waals surface area contributed by atoms with Crippen molar-refractivity contribution in [2.24, 2.45) is 17.1 Å². The Kier molecular flexibility index (Phi) is 6.14. The molecule has 2 aliphatic rings. The summed E-state index contributed by atoms with van der Waals surface area (Å²) in [6.45, 7) is 7.69. The van der Waals surface area contributed by atoms with Crippen LogP contribution in [-0.2, 0) is 0 Å². The van der Waals surface area contributed by atoms with Crippen molar-refractivity contribution in [2.45, 2.75) is 52.6 Å². The first-order valence-corrected chi connectivity index (χ1v) is 10.5. The lowest BCUT2D eigenvalue weighted by Crippen LogP contribution is -2.32. The van der Waals surface area contributed by atoms with Crippen LogP contribution in [0.3, 0.4) is 0 Å². The van der Waals surface area contributed by atoms with Gasteiger partial charge in [-0.05, 0) is 37.8 Å². The first kappa shape index (κ1) is 20.6. The van der Waals surface area contributed by atoms with E-state index in [0.717, 1.165) is 31.5 Å². The SMILES string of the molecule is CCCCN/C(Cl)=C(\CCN)c1c(F)cc(Cl)c2c1NC(C1(C)CC1C)N2. The van der Waals surface area contributed by atoms with E-state index in [1.165, 1.54) is 6.07 Å². The van der Waals surface area contributed by atoms with Gasteiger partial charge in [0.1, 0.15) is 17.1 Å². The molecule has 1 aromatic carbocycles. The van der Waals surface area contributed by atoms with Crippen LogP contribution < -0.4 is 21.7 Å². The Bertz CT molecular complexity index is 752. The van der Waals surface area contributed by atoms with Crippen LogP contribution in [0.2, 0.25) is 5.02 Å². The highest BCUT2D eigenvalue weighted by Gasteiger charge is 2.54. The van der Waals surface area contributed by atoms with Crippen molar-refractivity contribution in [3.8, 4) is 0 Å². The van der Waals surface area contributed by atoms with Gasteiger partial charge in [-0.15, -0.1) is 0 Å². The number of benzene rings is 1. The van der Waals surface area contributed by atoms with E-state index in [1.54, 1.807) is 0 Å². The number of anilines is 2. The molecule has 0 amide bonds. The summed E-state index contributed by atoms with van der Waals surface area (Å²) in [6, 6.07) is 1.36. The maximum Gasteiger partial charge on any atom is 0.134 e. The largest absolute Gasteiger partial charge is 0.376 e. The number of halogens is 3. The number of hydrogen-bond acceptors (Lipinski definition) is 4. The second-order valence-corrected chi connectivity index (χ2v) is 8.69. The average molecular weight is 415 g/mol. The minimum Gasteiger partial charge on any atom is -0.376 e. The zero-order valence-corrected chi connectivity index (χ0v) is 17.7. The molecule has 3 unspecified atom stereocenters. The van der Waals surface area contributed by atoms with E-state index >= 15 is 4.39 Å². The molecule has 0 radical (unpaired) electrons. The third-order valence-electron chi connectivity index (χ3n) is 5.95. The Balaban J connectivity index is 2.00. The fourth-order valence-corrected chi connectivity index (χ4v) is 4.36. The molecule has 3 rings (SSSR count). The maximum atomic E-state index is 15.0. The van der Waals surface area contributed by atoms with Crippen LogP contribution >= 0.6 is 23.2 Å². The fourth-order valence-electron chi connectivity index (χ4n) is 3.83. The van der Waals surface area contributed by atoms with Crippen molar-refractivity contribution < 1.29 is 4.39 Å². The summed E-state index contributed by atoms with van der Waals surface area (Å²) in [6.07, 6.45) is 3.66. The number of fused-ring (bicyclic) bond motifs is 1. The monoisotopic (exact) mass is 414 g/mol. The zero-order chi connectivity index (χ0) is 19.8. The molecule has 0 bridgehead atoms. The van der Waals surface area contributed by atoms with Gasteiger partial charge in [-0.25, -0.2) is 4.39 Å². The van der Waals surface area contributed by atoms with Gasteiger partial charge in [0.2, 0.25) is 0 Å². The van der Waals surface area contributed by atoms with Crippen LogP contribution in [-0.4, -0.2) is 19.3 Å². The standard InChI is InChI=1S/C20H29Cl2FN4/c1-4-5-8-25-18(22)12(6-7-24)15-14(23)9-13(21)16-17(15)27-19(26-16)20(3)10-11(20)2/h9,11,19,25-27H,4-8,10,24H2,1-3H3/b18-12+. The van der Waals surface area contributed by atoms with Gasteiger partial charge in [0.05, 0.1) is 16.4 Å². The normalized spacial score (nSPS) is 26.8. The van der Waals surface area contributed by atoms with E-state index in [9.17, 15) is 0 Å². The summed E-state index contributed by atoms with van der Waals surface area (Å²) >= 11 is 12.9. The lowest BCUT2D eigenvalue weighted by atomic mass is 9.99. The van der Waals surface area contributed by atoms with E-state index in [-0.39, 0.29) is 17.4 Å². The Labute approximate surface area is 171 Å². The molecule has 7 heteroatoms. The van der Waals surface area contributed by atoms with Gasteiger partial charge < -0.3 is 21.7 Å². The minimum atomic E-state index is -0.387. The van der Waals surface area contributed by atoms with E-state index < -0.39 is 0 Å². The highest BCUT2D eigenvalue weighted by atomic mass is 35.5. The van der Waals surface area contributed by atoms with Gasteiger partial charge in [0.25, 0.3) is 0 Å². The molecular weight excluding hydrogens is 386 g/mol. The van der Waals surface area contributed by atoms with Crippen LogP contribution in [0.1, 0.15) is 52.0 Å². The van der Waals surface area contributed by atoms with Crippen molar-refractivity contribution in [1.29, 1.82) is 0 Å². The molecule has 1 aromatic rings. The van der Waals surface area contributed by atoms with Crippen LogP contribution in [0.25, 0.3) is 5.57 Å². The third-order valence-corrected chi connectivity index (χ3v) is 6.61. The second-order valence-electron chi connectivity index (χ2n) is 7.91. The van der Waals surface area contributed by atoms with Gasteiger partial charge in [0, 0.05) is 23.1 Å². The van der Waals surface area contributed by atoms with Gasteiger partial charge in [-0.2, -0.15) is 0 Å². The van der Waals surface area contributed by atoms with Gasteiger partial charge in [0.15, 0.2) is 0 Å². The molecule has 1 saturated carbocycles. The maximum absolute atomic E-state index is 15.0. The molecular formula is C20H29Cl2FN4. The first-order chi connectivity index (χ1) is 12.8. The molecule has 27 heavy (non-hydrogen) atoms. The van der Waals surface area contributed by atoms with Crippen LogP contribution in [0.5, 0.6) is 0 Å². The molecule has 0 aromatic heterocycles. The molecule has 5 N–H and O–H groups in total. The first-order valence-electron chi connectivity index (χ1n) is 9.71. The van der Waals surface area contributed by atoms with E-state index in [1.807, 2.05) is 0 Å². The van der Waals surface area contributed by atoms with Crippen molar-refractivity contribution in [3.05, 3.63) is 27.6 Å². The molecule has 3 atom stereocenters. The Morgan fingerprint density at radius 1 is 1.41 bits per heavy atom.